The number of aromatic amines is 3. The molecule has 0 amide bonds. The monoisotopic (exact) mass is 1180 g/mol. The molecule has 414 valence electrons. The molecular formula is C30H44Cl2N6O31P4. The summed E-state index contributed by atoms with van der Waals surface area (Å²) in [4.78, 5) is 111. The maximum atomic E-state index is 11.9. The van der Waals surface area contributed by atoms with Gasteiger partial charge in [-0.05, 0) is 22.5 Å². The van der Waals surface area contributed by atoms with Gasteiger partial charge in [-0.15, -0.1) is 0 Å². The average Bonchev–Trinajstić information content (AvgIpc) is 3.84. The van der Waals surface area contributed by atoms with Gasteiger partial charge in [0.1, 0.15) is 54.9 Å². The molecule has 5 unspecified atom stereocenters. The summed E-state index contributed by atoms with van der Waals surface area (Å²) in [5.41, 5.74) is -5.81. The first-order chi connectivity index (χ1) is 33.7. The van der Waals surface area contributed by atoms with Gasteiger partial charge in [-0.3, -0.25) is 52.1 Å². The lowest BCUT2D eigenvalue weighted by atomic mass is 10.1. The Hall–Kier alpha value is -3.30. The number of aliphatic hydroxyl groups excluding tert-OH is 10. The van der Waals surface area contributed by atoms with E-state index in [9.17, 15) is 82.6 Å². The lowest BCUT2D eigenvalue weighted by Crippen LogP contribution is -2.39. The lowest BCUT2D eigenvalue weighted by Gasteiger charge is -2.19. The Labute approximate surface area is 411 Å². The second kappa shape index (κ2) is 25.2. The Morgan fingerprint density at radius 1 is 0.493 bits per heavy atom. The first-order valence-corrected chi connectivity index (χ1v) is 27.6. The van der Waals surface area contributed by atoms with Crippen molar-refractivity contribution in [1.82, 2.24) is 28.7 Å². The minimum Gasteiger partial charge on any atom is -0.394 e. The smallest absolute Gasteiger partial charge is 0.394 e. The van der Waals surface area contributed by atoms with Gasteiger partial charge >= 0.3 is 46.6 Å². The van der Waals surface area contributed by atoms with Crippen LogP contribution in [0.3, 0.4) is 0 Å². The van der Waals surface area contributed by atoms with E-state index in [-0.39, 0.29) is 16.7 Å². The zero-order valence-electron chi connectivity index (χ0n) is 36.0. The van der Waals surface area contributed by atoms with Crippen molar-refractivity contribution in [2.75, 3.05) is 19.8 Å². The molecule has 0 saturated carbocycles. The molecule has 0 aromatic carbocycles. The number of aromatic nitrogens is 6. The Morgan fingerprint density at radius 3 is 1.10 bits per heavy atom. The Kier molecular flexibility index (Phi) is 21.5. The number of nitrogens with one attached hydrogen (secondary N) is 3. The van der Waals surface area contributed by atoms with Crippen molar-refractivity contribution in [2.24, 2.45) is 0 Å². The highest BCUT2D eigenvalue weighted by molar-refractivity contribution is 8.05. The van der Waals surface area contributed by atoms with Gasteiger partial charge < -0.3 is 89.4 Å². The van der Waals surface area contributed by atoms with Crippen molar-refractivity contribution in [2.45, 2.75) is 93.4 Å². The minimum absolute atomic E-state index is 0.0858. The Morgan fingerprint density at radius 2 is 0.808 bits per heavy atom. The summed E-state index contributed by atoms with van der Waals surface area (Å²) in [5.74, 6) is 0. The van der Waals surface area contributed by atoms with Crippen LogP contribution < -0.4 is 33.7 Å². The topological polar surface area (TPSA) is 581 Å². The van der Waals surface area contributed by atoms with Crippen LogP contribution in [0.1, 0.15) is 35.4 Å². The number of hydrogen-bond donors (Lipinski definition) is 17. The molecule has 6 heterocycles. The van der Waals surface area contributed by atoms with E-state index in [0.29, 0.717) is 4.57 Å². The quantitative estimate of drug-likeness (QED) is 0.0559. The predicted molar refractivity (Wildman–Crippen MR) is 232 cm³/mol. The SMILES string of the molecule is O=c1[nH]c(=O)n([C@@H]2O[C@H](CO)C(O)[C@@H]2O)cc1CO.O=c1[nH]c(=O)n([C@@H]2O[C@H](COP(=O)(Cl)Cl)C(O)[C@@H]2O)cc1CO.O=c1[nH]c(=O)n([C@@H]2O[C@H](COP(=O)(O)OP(=O)(O)OP(=O)(O)O)C(O)[C@@H]2O)cc1CO. The van der Waals surface area contributed by atoms with Crippen LogP contribution >= 0.6 is 52.0 Å². The van der Waals surface area contributed by atoms with Crippen LogP contribution in [0, 0.1) is 0 Å². The summed E-state index contributed by atoms with van der Waals surface area (Å²) in [7, 11) is -16.9. The fourth-order valence-corrected chi connectivity index (χ4v) is 10.1. The molecule has 0 spiro atoms. The molecule has 0 aliphatic carbocycles. The molecule has 3 aliphatic heterocycles. The molecule has 3 aromatic rings. The highest BCUT2D eigenvalue weighted by atomic mass is 35.9. The largest absolute Gasteiger partial charge is 0.490 e. The van der Waals surface area contributed by atoms with Crippen molar-refractivity contribution in [3.8, 4) is 0 Å². The van der Waals surface area contributed by atoms with Gasteiger partial charge in [0.15, 0.2) is 18.7 Å². The highest BCUT2D eigenvalue weighted by Crippen LogP contribution is 2.66. The van der Waals surface area contributed by atoms with Gasteiger partial charge in [0.05, 0.1) is 56.3 Å². The fourth-order valence-electron chi connectivity index (χ4n) is 6.42. The van der Waals surface area contributed by atoms with Gasteiger partial charge in [0.2, 0.25) is 0 Å². The molecule has 43 heteroatoms. The van der Waals surface area contributed by atoms with Crippen LogP contribution in [0.25, 0.3) is 0 Å². The molecule has 3 aromatic heterocycles. The van der Waals surface area contributed by atoms with Crippen molar-refractivity contribution < 1.29 is 121 Å². The molecule has 37 nitrogen and oxygen atoms in total. The second-order valence-electron chi connectivity index (χ2n) is 14.9. The van der Waals surface area contributed by atoms with Crippen molar-refractivity contribution in [1.29, 1.82) is 0 Å². The zero-order valence-corrected chi connectivity index (χ0v) is 41.1. The number of nitrogens with zero attached hydrogens (tertiary/aromatic N) is 3. The Bertz CT molecular complexity index is 2970. The molecule has 6 rings (SSSR count). The lowest BCUT2D eigenvalue weighted by molar-refractivity contribution is -0.0552. The van der Waals surface area contributed by atoms with Gasteiger partial charge in [-0.25, -0.2) is 28.1 Å². The molecule has 73 heavy (non-hydrogen) atoms. The van der Waals surface area contributed by atoms with E-state index in [1.165, 1.54) is 0 Å². The van der Waals surface area contributed by atoms with Crippen molar-refractivity contribution in [3.05, 3.63) is 97.8 Å². The maximum absolute atomic E-state index is 11.9. The van der Waals surface area contributed by atoms with E-state index >= 15 is 0 Å². The molecule has 0 bridgehead atoms. The number of aliphatic hydroxyl groups is 10. The van der Waals surface area contributed by atoms with Crippen LogP contribution in [0.2, 0.25) is 0 Å². The standard InChI is InChI=1S/C10H13Cl2N2O8P.C10H17N2O16P3.C10H14N2O7/c11-23(12,20)21-3-5-6(16)7(17)9(22-5)14-1-4(2-15)8(18)13-10(14)19;13-2-4-1-12(10(17)11-8(4)16)9-7(15)6(14)5(26-9)3-25-30(21,22)28-31(23,24)27-29(18,19)20;13-2-4-1-12(10(18)11-8(4)17)9-7(16)6(15)5(3-14)19-9/h1,5-7,9,15-17H,2-3H2,(H,13,18,19);1,5-7,9,13-15H,2-3H2,(H,21,22)(H,23,24)(H,11,16,17)(H2,18,19,20);1,5-7,9,13-16H,2-3H2,(H,11,17,18)/t3*5-,6?,7+,9-/m111/s1. The number of halogens is 2. The highest BCUT2D eigenvalue weighted by Gasteiger charge is 2.48. The first kappa shape index (κ1) is 62.2. The van der Waals surface area contributed by atoms with Crippen LogP contribution in [0.4, 0.5) is 0 Å². The van der Waals surface area contributed by atoms with Gasteiger partial charge in [0, 0.05) is 18.6 Å². The van der Waals surface area contributed by atoms with Gasteiger partial charge in [-0.2, -0.15) is 8.62 Å². The van der Waals surface area contributed by atoms with Gasteiger partial charge in [0.25, 0.3) is 16.7 Å². The summed E-state index contributed by atoms with van der Waals surface area (Å²) < 4.78 is 78.4. The summed E-state index contributed by atoms with van der Waals surface area (Å²) in [6.45, 7) is -4.14. The number of H-pyrrole nitrogens is 3. The van der Waals surface area contributed by atoms with E-state index in [2.05, 4.69) is 17.7 Å². The molecule has 14 atom stereocenters. The third-order valence-electron chi connectivity index (χ3n) is 9.86. The first-order valence-electron chi connectivity index (χ1n) is 19.6. The summed E-state index contributed by atoms with van der Waals surface area (Å²) >= 11 is 10.4. The van der Waals surface area contributed by atoms with Crippen molar-refractivity contribution in [3.63, 3.8) is 0 Å². The van der Waals surface area contributed by atoms with E-state index < -0.39 is 177 Å². The summed E-state index contributed by atoms with van der Waals surface area (Å²) in [6, 6.07) is 0. The molecule has 17 N–H and O–H groups in total. The number of ether oxygens (including phenoxy) is 3. The van der Waals surface area contributed by atoms with Gasteiger partial charge in [-0.1, -0.05) is 0 Å². The molecule has 3 aliphatic rings. The van der Waals surface area contributed by atoms with E-state index in [0.717, 1.165) is 27.7 Å². The Balaban J connectivity index is 0.000000245. The maximum Gasteiger partial charge on any atom is 0.490 e. The molecule has 0 radical (unpaired) electrons. The number of phosphoric acid groups is 3. The molecular weight excluding hydrogens is 1140 g/mol. The van der Waals surface area contributed by atoms with Crippen molar-refractivity contribution >= 4 is 52.0 Å². The van der Waals surface area contributed by atoms with E-state index in [1.54, 1.807) is 0 Å². The third kappa shape index (κ3) is 16.4. The predicted octanol–water partition coefficient (Wildman–Crippen LogP) is -7.12. The minimum atomic E-state index is -5.76. The molecule has 3 fully saturated rings. The van der Waals surface area contributed by atoms with Crippen LogP contribution in [-0.4, -0.2) is 174 Å². The van der Waals surface area contributed by atoms with E-state index in [4.69, 9.17) is 71.8 Å². The van der Waals surface area contributed by atoms with Crippen LogP contribution in [0.5, 0.6) is 0 Å². The fraction of sp³-hybridized carbons (Fsp3) is 0.600. The molecule has 3 saturated heterocycles. The summed E-state index contributed by atoms with van der Waals surface area (Å²) in [6.07, 6.45) is -18.6. The number of hydrogen-bond acceptors (Lipinski definition) is 27. The van der Waals surface area contributed by atoms with E-state index in [1.807, 2.05) is 15.0 Å². The second-order valence-corrected chi connectivity index (χ2v) is 23.6. The normalized spacial score (nSPS) is 28.9. The van der Waals surface area contributed by atoms with Crippen LogP contribution in [0.15, 0.2) is 47.4 Å². The number of rotatable bonds is 17. The summed E-state index contributed by atoms with van der Waals surface area (Å²) in [5, 5.41) is 95.4. The third-order valence-corrected chi connectivity index (χ3v) is 14.7. The number of phosphoric ester groups is 1. The zero-order chi connectivity index (χ0) is 55.3. The average molecular weight is 1180 g/mol. The van der Waals surface area contributed by atoms with Crippen LogP contribution in [-0.2, 0) is 70.0 Å².